The summed E-state index contributed by atoms with van der Waals surface area (Å²) in [4.78, 5) is 12.8. The fraction of sp³-hybridized carbons (Fsp3) is 0.270. The first-order chi connectivity index (χ1) is 21.9. The maximum absolute atomic E-state index is 12.8. The summed E-state index contributed by atoms with van der Waals surface area (Å²) in [5.41, 5.74) is 6.41. The van der Waals surface area contributed by atoms with Gasteiger partial charge in [-0.25, -0.2) is 0 Å². The van der Waals surface area contributed by atoms with E-state index < -0.39 is 0 Å². The van der Waals surface area contributed by atoms with E-state index in [1.165, 1.54) is 11.1 Å². The summed E-state index contributed by atoms with van der Waals surface area (Å²) in [7, 11) is 3.30. The molecule has 1 aromatic heterocycles. The van der Waals surface area contributed by atoms with Crippen molar-refractivity contribution < 1.29 is 19.0 Å². The summed E-state index contributed by atoms with van der Waals surface area (Å²) in [5.74, 6) is 1.10. The van der Waals surface area contributed by atoms with E-state index in [0.29, 0.717) is 23.2 Å². The molecule has 4 aromatic carbocycles. The van der Waals surface area contributed by atoms with Crippen molar-refractivity contribution in [2.45, 2.75) is 45.2 Å². The van der Waals surface area contributed by atoms with Gasteiger partial charge in [-0.15, -0.1) is 0 Å². The topological polar surface area (TPSA) is 61.7 Å². The molecule has 0 bridgehead atoms. The average molecular weight is 646 g/mol. The van der Waals surface area contributed by atoms with Gasteiger partial charge in [-0.2, -0.15) is 0 Å². The number of hydrogen-bond donors (Lipinski definition) is 1. The number of carbonyl (C=O) groups is 1. The average Bonchev–Trinajstić information content (AvgIpc) is 3.41. The van der Waals surface area contributed by atoms with Crippen LogP contribution in [0.4, 0.5) is 5.69 Å². The van der Waals surface area contributed by atoms with Crippen LogP contribution >= 0.6 is 23.2 Å². The van der Waals surface area contributed by atoms with Gasteiger partial charge in [0.1, 0.15) is 11.5 Å². The van der Waals surface area contributed by atoms with Gasteiger partial charge in [-0.05, 0) is 67.1 Å². The third-order valence-corrected chi connectivity index (χ3v) is 8.63. The molecular weight excluding hydrogens is 607 g/mol. The number of rotatable bonds is 9. The lowest BCUT2D eigenvalue weighted by Crippen LogP contribution is -2.21. The maximum atomic E-state index is 12.8. The number of halogens is 2. The SMILES string of the molecule is CCOC(=O)C1CCCc2c1c1c(OC)ccc(Cl)c1n2Cc1ccccc1.COc1ccc(Cl)c(NCc2ccccc2)c1. The van der Waals surface area contributed by atoms with Gasteiger partial charge >= 0.3 is 5.97 Å². The number of fused-ring (bicyclic) bond motifs is 3. The number of nitrogens with one attached hydrogen (secondary N) is 1. The molecule has 45 heavy (non-hydrogen) atoms. The van der Waals surface area contributed by atoms with E-state index in [1.54, 1.807) is 14.2 Å². The molecule has 8 heteroatoms. The molecule has 1 heterocycles. The normalized spacial score (nSPS) is 13.8. The molecule has 0 radical (unpaired) electrons. The van der Waals surface area contributed by atoms with Crippen LogP contribution < -0.4 is 14.8 Å². The standard InChI is InChI=1S/C23H24ClNO3.C14H14ClNO/c1-3-28-23(26)16-10-7-11-18-20(16)21-19(27-2)13-12-17(24)22(21)25(18)14-15-8-5-4-6-9-15;1-17-12-7-8-13(15)14(9-12)16-10-11-5-3-2-4-6-11/h4-6,8-9,12-13,16H,3,7,10-11,14H2,1-2H3;2-9,16H,10H2,1H3. The Morgan fingerprint density at radius 2 is 1.58 bits per heavy atom. The van der Waals surface area contributed by atoms with Crippen molar-refractivity contribution in [2.75, 3.05) is 26.1 Å². The van der Waals surface area contributed by atoms with E-state index in [1.807, 2.05) is 73.7 Å². The summed E-state index contributed by atoms with van der Waals surface area (Å²) < 4.78 is 18.5. The lowest BCUT2D eigenvalue weighted by Gasteiger charge is -2.23. The first kappa shape index (κ1) is 32.3. The van der Waals surface area contributed by atoms with Crippen molar-refractivity contribution >= 4 is 45.8 Å². The van der Waals surface area contributed by atoms with Crippen LogP contribution in [0.1, 0.15) is 48.1 Å². The molecule has 6 rings (SSSR count). The minimum Gasteiger partial charge on any atom is -0.497 e. The molecule has 234 valence electrons. The second kappa shape index (κ2) is 15.2. The van der Waals surface area contributed by atoms with Crippen LogP contribution in [0.25, 0.3) is 10.9 Å². The van der Waals surface area contributed by atoms with Crippen molar-refractivity contribution in [1.29, 1.82) is 0 Å². The van der Waals surface area contributed by atoms with Gasteiger partial charge in [-0.1, -0.05) is 83.9 Å². The maximum Gasteiger partial charge on any atom is 0.313 e. The van der Waals surface area contributed by atoms with Gasteiger partial charge < -0.3 is 24.1 Å². The van der Waals surface area contributed by atoms with Crippen molar-refractivity contribution in [3.8, 4) is 11.5 Å². The van der Waals surface area contributed by atoms with Crippen LogP contribution in [0.15, 0.2) is 91.0 Å². The quantitative estimate of drug-likeness (QED) is 0.162. The highest BCUT2D eigenvalue weighted by Gasteiger charge is 2.35. The first-order valence-electron chi connectivity index (χ1n) is 15.1. The number of methoxy groups -OCH3 is 2. The molecule has 1 atom stereocenters. The lowest BCUT2D eigenvalue weighted by molar-refractivity contribution is -0.145. The number of esters is 1. The number of nitrogens with zero attached hydrogens (tertiary/aromatic N) is 1. The number of anilines is 1. The zero-order chi connectivity index (χ0) is 31.8. The van der Waals surface area contributed by atoms with Gasteiger partial charge in [0.15, 0.2) is 0 Å². The number of hydrogen-bond acceptors (Lipinski definition) is 5. The van der Waals surface area contributed by atoms with Crippen LogP contribution in [0.2, 0.25) is 10.0 Å². The predicted octanol–water partition coefficient (Wildman–Crippen LogP) is 9.30. The van der Waals surface area contributed by atoms with E-state index in [4.69, 9.17) is 37.4 Å². The lowest BCUT2D eigenvalue weighted by atomic mass is 9.85. The second-order valence-corrected chi connectivity index (χ2v) is 11.6. The van der Waals surface area contributed by atoms with E-state index in [9.17, 15) is 4.79 Å². The van der Waals surface area contributed by atoms with Crippen molar-refractivity contribution in [3.05, 3.63) is 123 Å². The largest absolute Gasteiger partial charge is 0.497 e. The Morgan fingerprint density at radius 1 is 0.889 bits per heavy atom. The number of aromatic nitrogens is 1. The Hall–Kier alpha value is -4.13. The molecule has 0 fully saturated rings. The Labute approximate surface area is 274 Å². The van der Waals surface area contributed by atoms with Crippen LogP contribution in [0, 0.1) is 0 Å². The van der Waals surface area contributed by atoms with E-state index in [0.717, 1.165) is 65.2 Å². The van der Waals surface area contributed by atoms with Crippen molar-refractivity contribution in [2.24, 2.45) is 0 Å². The minimum absolute atomic E-state index is 0.163. The molecule has 1 aliphatic rings. The molecule has 5 aromatic rings. The number of carbonyl (C=O) groups excluding carboxylic acids is 1. The van der Waals surface area contributed by atoms with Crippen LogP contribution in [0.5, 0.6) is 11.5 Å². The molecule has 1 N–H and O–H groups in total. The highest BCUT2D eigenvalue weighted by molar-refractivity contribution is 6.35. The highest BCUT2D eigenvalue weighted by Crippen LogP contribution is 2.46. The smallest absolute Gasteiger partial charge is 0.313 e. The fourth-order valence-corrected chi connectivity index (χ4v) is 6.35. The Balaban J connectivity index is 0.000000201. The van der Waals surface area contributed by atoms with Crippen LogP contribution in [0.3, 0.4) is 0 Å². The van der Waals surface area contributed by atoms with Crippen molar-refractivity contribution in [1.82, 2.24) is 4.57 Å². The fourth-order valence-electron chi connectivity index (χ4n) is 5.91. The Kier molecular flexibility index (Phi) is 10.9. The monoisotopic (exact) mass is 644 g/mol. The Morgan fingerprint density at radius 3 is 2.24 bits per heavy atom. The molecule has 0 aliphatic heterocycles. The number of benzene rings is 4. The molecule has 0 saturated carbocycles. The molecular formula is C37H38Cl2N2O4. The van der Waals surface area contributed by atoms with Gasteiger partial charge in [0, 0.05) is 30.2 Å². The van der Waals surface area contributed by atoms with Gasteiger partial charge in [0.25, 0.3) is 0 Å². The highest BCUT2D eigenvalue weighted by atomic mass is 35.5. The molecule has 1 aliphatic carbocycles. The number of ether oxygens (including phenoxy) is 3. The summed E-state index contributed by atoms with van der Waals surface area (Å²) >= 11 is 12.8. The molecule has 6 nitrogen and oxygen atoms in total. The summed E-state index contributed by atoms with van der Waals surface area (Å²) in [6.45, 7) is 3.67. The zero-order valence-corrected chi connectivity index (χ0v) is 27.3. The summed E-state index contributed by atoms with van der Waals surface area (Å²) in [5, 5.41) is 5.60. The molecule has 1 unspecified atom stereocenters. The van der Waals surface area contributed by atoms with Gasteiger partial charge in [0.2, 0.25) is 0 Å². The van der Waals surface area contributed by atoms with Crippen LogP contribution in [-0.2, 0) is 29.0 Å². The van der Waals surface area contributed by atoms with Gasteiger partial charge in [0.05, 0.1) is 48.0 Å². The second-order valence-electron chi connectivity index (χ2n) is 10.8. The summed E-state index contributed by atoms with van der Waals surface area (Å²) in [6.07, 6.45) is 2.64. The van der Waals surface area contributed by atoms with Gasteiger partial charge in [-0.3, -0.25) is 4.79 Å². The first-order valence-corrected chi connectivity index (χ1v) is 15.9. The van der Waals surface area contributed by atoms with E-state index in [-0.39, 0.29) is 11.9 Å². The predicted molar refractivity (Wildman–Crippen MR) is 183 cm³/mol. The third-order valence-electron chi connectivity index (χ3n) is 8.00. The molecule has 0 saturated heterocycles. The van der Waals surface area contributed by atoms with Crippen molar-refractivity contribution in [3.63, 3.8) is 0 Å². The Bertz CT molecular complexity index is 1740. The van der Waals surface area contributed by atoms with E-state index >= 15 is 0 Å². The minimum atomic E-state index is -0.282. The molecule has 0 amide bonds. The third kappa shape index (κ3) is 7.41. The zero-order valence-electron chi connectivity index (χ0n) is 25.8. The molecule has 0 spiro atoms. The van der Waals surface area contributed by atoms with E-state index in [2.05, 4.69) is 34.1 Å². The summed E-state index contributed by atoms with van der Waals surface area (Å²) in [6, 6.07) is 29.8. The van der Waals surface area contributed by atoms with Crippen LogP contribution in [-0.4, -0.2) is 31.4 Å².